The third-order valence-corrected chi connectivity index (χ3v) is 7.09. The maximum atomic E-state index is 12.7. The highest BCUT2D eigenvalue weighted by molar-refractivity contribution is 7.89. The van der Waals surface area contributed by atoms with Crippen LogP contribution in [0.5, 0.6) is 0 Å². The number of pyridine rings is 1. The van der Waals surface area contributed by atoms with Crippen LogP contribution in [-0.4, -0.2) is 34.7 Å². The first kappa shape index (κ1) is 27.6. The number of aromatic nitrogens is 3. The number of ketones is 1. The molecule has 0 unspecified atom stereocenters. The summed E-state index contributed by atoms with van der Waals surface area (Å²) in [5, 5.41) is 6.32. The molecule has 200 valence electrons. The van der Waals surface area contributed by atoms with Crippen LogP contribution in [0.3, 0.4) is 0 Å². The van der Waals surface area contributed by atoms with Gasteiger partial charge >= 0.3 is 0 Å². The van der Waals surface area contributed by atoms with Crippen LogP contribution in [-0.2, 0) is 10.0 Å². The van der Waals surface area contributed by atoms with Crippen LogP contribution in [0.25, 0.3) is 6.08 Å². The van der Waals surface area contributed by atoms with Crippen LogP contribution in [0.2, 0.25) is 0 Å². The lowest BCUT2D eigenvalue weighted by Crippen LogP contribution is -2.40. The topological polar surface area (TPSA) is 126 Å². The molecular weight excluding hydrogens is 512 g/mol. The number of allylic oxidation sites excluding steroid dienone is 1. The fraction of sp³-hybridized carbons (Fsp3) is 0.172. The minimum atomic E-state index is -3.69. The number of anilines is 4. The monoisotopic (exact) mass is 542 g/mol. The molecule has 9 nitrogen and oxygen atoms in total. The first-order valence-electron chi connectivity index (χ1n) is 12.2. The minimum Gasteiger partial charge on any atom is -0.340 e. The molecule has 0 amide bonds. The number of hydrogen-bond acceptors (Lipinski definition) is 8. The van der Waals surface area contributed by atoms with E-state index in [1.807, 2.05) is 25.1 Å². The van der Waals surface area contributed by atoms with Gasteiger partial charge in [0, 0.05) is 40.4 Å². The lowest BCUT2D eigenvalue weighted by molar-refractivity contribution is 0.104. The Hall–Kier alpha value is -4.41. The molecule has 0 atom stereocenters. The largest absolute Gasteiger partial charge is 0.340 e. The first-order valence-corrected chi connectivity index (χ1v) is 13.7. The van der Waals surface area contributed by atoms with Gasteiger partial charge < -0.3 is 10.6 Å². The summed E-state index contributed by atoms with van der Waals surface area (Å²) in [6.07, 6.45) is 6.51. The van der Waals surface area contributed by atoms with Crippen molar-refractivity contribution in [1.82, 2.24) is 19.7 Å². The van der Waals surface area contributed by atoms with Crippen molar-refractivity contribution in [2.45, 2.75) is 38.1 Å². The second kappa shape index (κ2) is 11.5. The highest BCUT2D eigenvalue weighted by atomic mass is 32.2. The molecule has 0 aliphatic heterocycles. The van der Waals surface area contributed by atoms with Gasteiger partial charge in [-0.15, -0.1) is 0 Å². The van der Waals surface area contributed by atoms with Gasteiger partial charge in [0.25, 0.3) is 0 Å². The van der Waals surface area contributed by atoms with Crippen molar-refractivity contribution in [3.05, 3.63) is 102 Å². The molecule has 0 aliphatic carbocycles. The van der Waals surface area contributed by atoms with E-state index < -0.39 is 15.6 Å². The summed E-state index contributed by atoms with van der Waals surface area (Å²) in [5.74, 6) is 0.736. The van der Waals surface area contributed by atoms with E-state index >= 15 is 0 Å². The summed E-state index contributed by atoms with van der Waals surface area (Å²) >= 11 is 0. The van der Waals surface area contributed by atoms with Crippen LogP contribution in [0.4, 0.5) is 23.1 Å². The van der Waals surface area contributed by atoms with Gasteiger partial charge in [-0.3, -0.25) is 9.78 Å². The molecule has 2 aromatic heterocycles. The number of nitrogens with one attached hydrogen (secondary N) is 3. The van der Waals surface area contributed by atoms with Crippen LogP contribution < -0.4 is 15.4 Å². The van der Waals surface area contributed by atoms with E-state index in [9.17, 15) is 13.2 Å². The normalized spacial score (nSPS) is 11.9. The number of benzene rings is 2. The molecule has 39 heavy (non-hydrogen) atoms. The minimum absolute atomic E-state index is 0.132. The Bertz CT molecular complexity index is 1600. The number of sulfonamides is 1. The molecule has 2 aromatic carbocycles. The fourth-order valence-corrected chi connectivity index (χ4v) is 5.01. The van der Waals surface area contributed by atoms with Gasteiger partial charge in [-0.2, -0.15) is 4.98 Å². The van der Waals surface area contributed by atoms with Gasteiger partial charge in [-0.1, -0.05) is 12.1 Å². The fourth-order valence-electron chi connectivity index (χ4n) is 3.55. The van der Waals surface area contributed by atoms with Crippen LogP contribution >= 0.6 is 0 Å². The summed E-state index contributed by atoms with van der Waals surface area (Å²) in [6.45, 7) is 7.22. The van der Waals surface area contributed by atoms with Gasteiger partial charge in [0.05, 0.1) is 10.6 Å². The third kappa shape index (κ3) is 7.79. The Morgan fingerprint density at radius 2 is 1.67 bits per heavy atom. The molecule has 2 heterocycles. The second-order valence-electron chi connectivity index (χ2n) is 9.89. The smallest absolute Gasteiger partial charge is 0.241 e. The molecule has 0 spiro atoms. The zero-order valence-electron chi connectivity index (χ0n) is 22.1. The number of carbonyl (C=O) groups is 1. The summed E-state index contributed by atoms with van der Waals surface area (Å²) in [7, 11) is -3.69. The maximum absolute atomic E-state index is 12.7. The number of hydrogen-bond donors (Lipinski definition) is 3. The summed E-state index contributed by atoms with van der Waals surface area (Å²) < 4.78 is 28.1. The van der Waals surface area contributed by atoms with Crippen LogP contribution in [0.15, 0.2) is 90.1 Å². The molecule has 0 bridgehead atoms. The molecule has 10 heteroatoms. The highest BCUT2D eigenvalue weighted by Crippen LogP contribution is 2.24. The number of aryl methyl sites for hydroxylation is 1. The van der Waals surface area contributed by atoms with Crippen molar-refractivity contribution in [2.24, 2.45) is 0 Å². The molecular formula is C29H30N6O3S. The van der Waals surface area contributed by atoms with Crippen molar-refractivity contribution < 1.29 is 13.2 Å². The van der Waals surface area contributed by atoms with Gasteiger partial charge in [-0.05, 0) is 94.4 Å². The highest BCUT2D eigenvalue weighted by Gasteiger charge is 2.22. The molecule has 4 rings (SSSR count). The lowest BCUT2D eigenvalue weighted by Gasteiger charge is -2.20. The number of carbonyl (C=O) groups excluding carboxylic acids is 1. The Labute approximate surface area is 228 Å². The van der Waals surface area contributed by atoms with E-state index in [1.54, 1.807) is 87.8 Å². The quantitative estimate of drug-likeness (QED) is 0.183. The Kier molecular flexibility index (Phi) is 8.18. The zero-order valence-corrected chi connectivity index (χ0v) is 23.0. The molecule has 0 saturated heterocycles. The summed E-state index contributed by atoms with van der Waals surface area (Å²) in [5.41, 5.74) is 2.70. The van der Waals surface area contributed by atoms with Crippen molar-refractivity contribution in [3.63, 3.8) is 0 Å². The molecule has 0 saturated carbocycles. The van der Waals surface area contributed by atoms with Gasteiger partial charge in [0.15, 0.2) is 5.78 Å². The maximum Gasteiger partial charge on any atom is 0.241 e. The summed E-state index contributed by atoms with van der Waals surface area (Å²) in [6, 6.07) is 19.0. The number of rotatable bonds is 9. The van der Waals surface area contributed by atoms with Crippen molar-refractivity contribution in [2.75, 3.05) is 10.6 Å². The van der Waals surface area contributed by atoms with Crippen molar-refractivity contribution >= 4 is 45.0 Å². The standard InChI is InChI=1S/C29H30N6O3S/c1-20-19-31-28(33-23-13-11-21(12-14-23)26(36)16-15-22-8-5-6-17-30-22)34-27(20)32-24-9-7-10-25(18-24)39(37,38)35-29(2,3)4/h5-19,35H,1-4H3,(H2,31,32,33,34)/b16-15+. The molecule has 0 radical (unpaired) electrons. The average Bonchev–Trinajstić information content (AvgIpc) is 2.89. The Morgan fingerprint density at radius 3 is 2.36 bits per heavy atom. The van der Waals surface area contributed by atoms with Gasteiger partial charge in [0.1, 0.15) is 5.82 Å². The van der Waals surface area contributed by atoms with E-state index in [4.69, 9.17) is 0 Å². The second-order valence-corrected chi connectivity index (χ2v) is 11.6. The van der Waals surface area contributed by atoms with E-state index in [2.05, 4.69) is 30.3 Å². The van der Waals surface area contributed by atoms with Gasteiger partial charge in [-0.25, -0.2) is 18.1 Å². The predicted molar refractivity (Wildman–Crippen MR) is 154 cm³/mol. The van der Waals surface area contributed by atoms with Crippen molar-refractivity contribution in [3.8, 4) is 0 Å². The van der Waals surface area contributed by atoms with E-state index in [1.165, 1.54) is 6.08 Å². The Balaban J connectivity index is 1.46. The van der Waals surface area contributed by atoms with Crippen LogP contribution in [0.1, 0.15) is 42.4 Å². The van der Waals surface area contributed by atoms with E-state index in [-0.39, 0.29) is 10.7 Å². The van der Waals surface area contributed by atoms with E-state index in [0.29, 0.717) is 34.4 Å². The molecule has 4 aromatic rings. The average molecular weight is 543 g/mol. The molecule has 3 N–H and O–H groups in total. The third-order valence-electron chi connectivity index (χ3n) is 5.34. The molecule has 0 fully saturated rings. The zero-order chi connectivity index (χ0) is 28.0. The summed E-state index contributed by atoms with van der Waals surface area (Å²) in [4.78, 5) is 25.7. The SMILES string of the molecule is Cc1cnc(Nc2ccc(C(=O)/C=C/c3ccccn3)cc2)nc1Nc1cccc(S(=O)(=O)NC(C)(C)C)c1. The molecule has 0 aliphatic rings. The van der Waals surface area contributed by atoms with Gasteiger partial charge in [0.2, 0.25) is 16.0 Å². The van der Waals surface area contributed by atoms with Crippen molar-refractivity contribution in [1.29, 1.82) is 0 Å². The predicted octanol–water partition coefficient (Wildman–Crippen LogP) is 5.64. The van der Waals surface area contributed by atoms with E-state index in [0.717, 1.165) is 5.56 Å². The Morgan fingerprint density at radius 1 is 0.897 bits per heavy atom. The first-order chi connectivity index (χ1) is 18.5. The lowest BCUT2D eigenvalue weighted by atomic mass is 10.1. The number of nitrogens with zero attached hydrogens (tertiary/aromatic N) is 3. The van der Waals surface area contributed by atoms with Crippen LogP contribution in [0, 0.1) is 6.92 Å².